The molecule has 1 rings (SSSR count). The van der Waals surface area contributed by atoms with E-state index in [2.05, 4.69) is 0 Å². The molecule has 0 spiro atoms. The van der Waals surface area contributed by atoms with E-state index in [0.29, 0.717) is 0 Å². The molecule has 0 unspecified atom stereocenters. The standard InChI is InChI=1S/C12H11ClO6/c1-6(14)18-10-5-8(12(13)16)4-9(17-3)11(10)19-7(2)15/h4-5H,1-3H3. The van der Waals surface area contributed by atoms with Gasteiger partial charge in [0.05, 0.1) is 7.11 Å². The van der Waals surface area contributed by atoms with E-state index in [9.17, 15) is 14.4 Å². The van der Waals surface area contributed by atoms with Gasteiger partial charge >= 0.3 is 11.9 Å². The molecule has 0 bridgehead atoms. The van der Waals surface area contributed by atoms with Crippen LogP contribution in [-0.4, -0.2) is 24.3 Å². The molecule has 1 aromatic carbocycles. The third-order valence-corrected chi connectivity index (χ3v) is 2.19. The number of carbonyl (C=O) groups is 3. The molecule has 102 valence electrons. The van der Waals surface area contributed by atoms with Gasteiger partial charge in [0.2, 0.25) is 5.75 Å². The molecule has 0 amide bonds. The Bertz CT molecular complexity index is 537. The highest BCUT2D eigenvalue weighted by molar-refractivity contribution is 6.67. The summed E-state index contributed by atoms with van der Waals surface area (Å²) in [5, 5.41) is -0.763. The highest BCUT2D eigenvalue weighted by atomic mass is 35.5. The molecule has 0 aliphatic carbocycles. The maximum absolute atomic E-state index is 11.1. The molecule has 1 aromatic rings. The molecule has 0 atom stereocenters. The zero-order valence-electron chi connectivity index (χ0n) is 10.5. The Morgan fingerprint density at radius 2 is 1.53 bits per heavy atom. The second-order valence-corrected chi connectivity index (χ2v) is 3.81. The third kappa shape index (κ3) is 3.96. The number of ether oxygens (including phenoxy) is 3. The van der Waals surface area contributed by atoms with Gasteiger partial charge in [-0.3, -0.25) is 14.4 Å². The fraction of sp³-hybridized carbons (Fsp3) is 0.250. The van der Waals surface area contributed by atoms with Crippen molar-refractivity contribution in [3.05, 3.63) is 17.7 Å². The van der Waals surface area contributed by atoms with Gasteiger partial charge in [-0.1, -0.05) is 0 Å². The number of hydrogen-bond acceptors (Lipinski definition) is 6. The van der Waals surface area contributed by atoms with Gasteiger partial charge in [0.1, 0.15) is 0 Å². The fourth-order valence-corrected chi connectivity index (χ4v) is 1.43. The summed E-state index contributed by atoms with van der Waals surface area (Å²) in [6.45, 7) is 2.34. The average Bonchev–Trinajstić information content (AvgIpc) is 2.29. The maximum atomic E-state index is 11.1. The minimum absolute atomic E-state index is 0.0469. The second kappa shape index (κ2) is 6.19. The zero-order chi connectivity index (χ0) is 14.6. The van der Waals surface area contributed by atoms with E-state index in [4.69, 9.17) is 25.8 Å². The topological polar surface area (TPSA) is 78.9 Å². The van der Waals surface area contributed by atoms with Gasteiger partial charge in [-0.2, -0.15) is 0 Å². The van der Waals surface area contributed by atoms with Gasteiger partial charge in [0.15, 0.2) is 11.5 Å². The molecule has 0 saturated carbocycles. The number of benzene rings is 1. The lowest BCUT2D eigenvalue weighted by atomic mass is 10.2. The maximum Gasteiger partial charge on any atom is 0.308 e. The van der Waals surface area contributed by atoms with Crippen molar-refractivity contribution in [1.29, 1.82) is 0 Å². The summed E-state index contributed by atoms with van der Waals surface area (Å²) in [6.07, 6.45) is 0. The van der Waals surface area contributed by atoms with Crippen LogP contribution in [0.2, 0.25) is 0 Å². The van der Waals surface area contributed by atoms with Crippen molar-refractivity contribution in [2.24, 2.45) is 0 Å². The molecule has 0 aliphatic rings. The van der Waals surface area contributed by atoms with Crippen LogP contribution in [0, 0.1) is 0 Å². The predicted octanol–water partition coefficient (Wildman–Crippen LogP) is 1.92. The largest absolute Gasteiger partial charge is 0.493 e. The van der Waals surface area contributed by atoms with E-state index in [-0.39, 0.29) is 22.8 Å². The van der Waals surface area contributed by atoms with E-state index in [1.807, 2.05) is 0 Å². The lowest BCUT2D eigenvalue weighted by Crippen LogP contribution is -2.09. The first kappa shape index (κ1) is 15.0. The highest BCUT2D eigenvalue weighted by Crippen LogP contribution is 2.39. The summed E-state index contributed by atoms with van der Waals surface area (Å²) in [7, 11) is 1.31. The van der Waals surface area contributed by atoms with Crippen LogP contribution in [0.3, 0.4) is 0 Å². The molecular formula is C12H11ClO6. The molecule has 0 aromatic heterocycles. The van der Waals surface area contributed by atoms with Gasteiger partial charge in [-0.05, 0) is 23.7 Å². The van der Waals surface area contributed by atoms with Crippen LogP contribution in [0.15, 0.2) is 12.1 Å². The Kier molecular flexibility index (Phi) is 4.88. The number of carbonyl (C=O) groups excluding carboxylic acids is 3. The van der Waals surface area contributed by atoms with Gasteiger partial charge < -0.3 is 14.2 Å². The SMILES string of the molecule is COc1cc(C(=O)Cl)cc(OC(C)=O)c1OC(C)=O. The highest BCUT2D eigenvalue weighted by Gasteiger charge is 2.20. The van der Waals surface area contributed by atoms with Crippen molar-refractivity contribution in [2.45, 2.75) is 13.8 Å². The summed E-state index contributed by atoms with van der Waals surface area (Å²) in [6, 6.07) is 2.47. The van der Waals surface area contributed by atoms with Crippen LogP contribution in [0.25, 0.3) is 0 Å². The quantitative estimate of drug-likeness (QED) is 0.478. The second-order valence-electron chi connectivity index (χ2n) is 3.47. The molecule has 19 heavy (non-hydrogen) atoms. The first-order chi connectivity index (χ1) is 8.85. The molecule has 0 saturated heterocycles. The summed E-state index contributed by atoms with van der Waals surface area (Å²) in [5.41, 5.74) is 0.0469. The number of esters is 2. The molecular weight excluding hydrogens is 276 g/mol. The molecule has 0 N–H and O–H groups in total. The number of rotatable bonds is 4. The first-order valence-corrected chi connectivity index (χ1v) is 5.51. The van der Waals surface area contributed by atoms with Crippen LogP contribution in [0.1, 0.15) is 24.2 Å². The first-order valence-electron chi connectivity index (χ1n) is 5.13. The van der Waals surface area contributed by atoms with E-state index in [1.165, 1.54) is 33.1 Å². The summed E-state index contributed by atoms with van der Waals surface area (Å²) in [4.78, 5) is 33.2. The van der Waals surface area contributed by atoms with Gasteiger partial charge in [0, 0.05) is 19.4 Å². The van der Waals surface area contributed by atoms with E-state index in [0.717, 1.165) is 0 Å². The molecule has 0 aliphatic heterocycles. The monoisotopic (exact) mass is 286 g/mol. The van der Waals surface area contributed by atoms with Crippen LogP contribution in [0.4, 0.5) is 0 Å². The fourth-order valence-electron chi connectivity index (χ4n) is 1.32. The van der Waals surface area contributed by atoms with Crippen molar-refractivity contribution in [3.8, 4) is 17.2 Å². The lowest BCUT2D eigenvalue weighted by molar-refractivity contribution is -0.134. The lowest BCUT2D eigenvalue weighted by Gasteiger charge is -2.13. The van der Waals surface area contributed by atoms with E-state index < -0.39 is 17.2 Å². The van der Waals surface area contributed by atoms with Gasteiger partial charge in [-0.15, -0.1) is 0 Å². The van der Waals surface area contributed by atoms with Crippen LogP contribution in [-0.2, 0) is 9.59 Å². The van der Waals surface area contributed by atoms with Crippen molar-refractivity contribution in [1.82, 2.24) is 0 Å². The van der Waals surface area contributed by atoms with Crippen molar-refractivity contribution in [2.75, 3.05) is 7.11 Å². The summed E-state index contributed by atoms with van der Waals surface area (Å²) < 4.78 is 14.8. The Hall–Kier alpha value is -2.08. The number of halogens is 1. The Morgan fingerprint density at radius 1 is 1.00 bits per heavy atom. The molecule has 7 heteroatoms. The van der Waals surface area contributed by atoms with E-state index in [1.54, 1.807) is 0 Å². The smallest absolute Gasteiger partial charge is 0.308 e. The molecule has 0 radical (unpaired) electrons. The normalized spacial score (nSPS) is 9.68. The molecule has 6 nitrogen and oxygen atoms in total. The van der Waals surface area contributed by atoms with E-state index >= 15 is 0 Å². The van der Waals surface area contributed by atoms with Crippen molar-refractivity contribution < 1.29 is 28.6 Å². The average molecular weight is 287 g/mol. The van der Waals surface area contributed by atoms with Crippen LogP contribution in [0.5, 0.6) is 17.2 Å². The Morgan fingerprint density at radius 3 is 1.95 bits per heavy atom. The summed E-state index contributed by atoms with van der Waals surface area (Å²) in [5.74, 6) is -1.43. The van der Waals surface area contributed by atoms with Gasteiger partial charge in [0.25, 0.3) is 5.24 Å². The summed E-state index contributed by atoms with van der Waals surface area (Å²) >= 11 is 5.36. The minimum Gasteiger partial charge on any atom is -0.493 e. The predicted molar refractivity (Wildman–Crippen MR) is 65.8 cm³/mol. The van der Waals surface area contributed by atoms with Crippen molar-refractivity contribution in [3.63, 3.8) is 0 Å². The number of methoxy groups -OCH3 is 1. The van der Waals surface area contributed by atoms with Crippen LogP contribution >= 0.6 is 11.6 Å². The van der Waals surface area contributed by atoms with Crippen molar-refractivity contribution >= 4 is 28.8 Å². The number of hydrogen-bond donors (Lipinski definition) is 0. The third-order valence-electron chi connectivity index (χ3n) is 1.97. The van der Waals surface area contributed by atoms with Crippen LogP contribution < -0.4 is 14.2 Å². The molecule has 0 fully saturated rings. The Balaban J connectivity index is 3.42. The minimum atomic E-state index is -0.763. The van der Waals surface area contributed by atoms with Gasteiger partial charge in [-0.25, -0.2) is 0 Å². The zero-order valence-corrected chi connectivity index (χ0v) is 11.2. The Labute approximate surface area is 114 Å². The molecule has 0 heterocycles.